The fourth-order valence-electron chi connectivity index (χ4n) is 2.07. The molecule has 1 saturated carbocycles. The van der Waals surface area contributed by atoms with Crippen LogP contribution >= 0.6 is 15.9 Å². The van der Waals surface area contributed by atoms with Crippen LogP contribution in [0, 0.1) is 28.5 Å². The molecular formula is C13H14BrFN2O3S. The second kappa shape index (κ2) is 5.91. The first-order valence-corrected chi connectivity index (χ1v) is 8.81. The Morgan fingerprint density at radius 3 is 2.90 bits per heavy atom. The fraction of sp³-hybridized carbons (Fsp3) is 0.462. The van der Waals surface area contributed by atoms with Gasteiger partial charge in [0.1, 0.15) is 5.82 Å². The van der Waals surface area contributed by atoms with Crippen LogP contribution in [0.15, 0.2) is 22.7 Å². The van der Waals surface area contributed by atoms with Crippen molar-refractivity contribution in [3.05, 3.63) is 28.5 Å². The summed E-state index contributed by atoms with van der Waals surface area (Å²) in [6.45, 7) is 0.233. The van der Waals surface area contributed by atoms with Crippen LogP contribution in [0.4, 0.5) is 10.1 Å². The van der Waals surface area contributed by atoms with Gasteiger partial charge in [-0.1, -0.05) is 15.9 Å². The van der Waals surface area contributed by atoms with Crippen LogP contribution in [0.25, 0.3) is 0 Å². The molecule has 1 aliphatic carbocycles. The van der Waals surface area contributed by atoms with Crippen LogP contribution in [0.5, 0.6) is 0 Å². The van der Waals surface area contributed by atoms with Crippen LogP contribution in [0.2, 0.25) is 0 Å². The van der Waals surface area contributed by atoms with E-state index in [1.807, 2.05) is 0 Å². The predicted octanol–water partition coefficient (Wildman–Crippen LogP) is 2.51. The van der Waals surface area contributed by atoms with Crippen LogP contribution in [-0.4, -0.2) is 27.8 Å². The Morgan fingerprint density at radius 1 is 1.62 bits per heavy atom. The van der Waals surface area contributed by atoms with Crippen LogP contribution in [-0.2, 0) is 14.3 Å². The van der Waals surface area contributed by atoms with Crippen molar-refractivity contribution < 1.29 is 17.0 Å². The Balaban J connectivity index is 1.92. The molecule has 1 fully saturated rings. The van der Waals surface area contributed by atoms with Gasteiger partial charge in [-0.2, -0.15) is 13.7 Å². The summed E-state index contributed by atoms with van der Waals surface area (Å²) in [6, 6.07) is 6.76. The SMILES string of the molecule is CS(=O)(=O)OCC1(C#N)CC1CNc1ccc(Br)cc1F. The molecule has 0 bridgehead atoms. The van der Waals surface area contributed by atoms with Gasteiger partial charge in [0.2, 0.25) is 0 Å². The highest BCUT2D eigenvalue weighted by molar-refractivity contribution is 9.10. The summed E-state index contributed by atoms with van der Waals surface area (Å²) in [7, 11) is -3.57. The number of nitrogens with zero attached hydrogens (tertiary/aromatic N) is 1. The number of benzene rings is 1. The highest BCUT2D eigenvalue weighted by atomic mass is 79.9. The summed E-state index contributed by atoms with van der Waals surface area (Å²) in [4.78, 5) is 0. The number of anilines is 1. The van der Waals surface area contributed by atoms with Crippen molar-refractivity contribution in [2.24, 2.45) is 11.3 Å². The van der Waals surface area contributed by atoms with Crippen molar-refractivity contribution >= 4 is 31.7 Å². The Labute approximate surface area is 131 Å². The van der Waals surface area contributed by atoms with Gasteiger partial charge in [-0.25, -0.2) is 4.39 Å². The summed E-state index contributed by atoms with van der Waals surface area (Å²) in [5, 5.41) is 12.1. The van der Waals surface area contributed by atoms with Gasteiger partial charge < -0.3 is 5.32 Å². The maximum Gasteiger partial charge on any atom is 0.264 e. The van der Waals surface area contributed by atoms with E-state index in [0.29, 0.717) is 23.1 Å². The zero-order valence-electron chi connectivity index (χ0n) is 11.3. The van der Waals surface area contributed by atoms with Gasteiger partial charge in [0.15, 0.2) is 0 Å². The Morgan fingerprint density at radius 2 is 2.33 bits per heavy atom. The van der Waals surface area contributed by atoms with Crippen molar-refractivity contribution in [1.29, 1.82) is 5.26 Å². The fourth-order valence-corrected chi connectivity index (χ4v) is 2.83. The molecule has 8 heteroatoms. The van der Waals surface area contributed by atoms with E-state index in [9.17, 15) is 18.1 Å². The molecule has 2 rings (SSSR count). The average molecular weight is 377 g/mol. The molecule has 1 aliphatic rings. The minimum Gasteiger partial charge on any atom is -0.382 e. The lowest BCUT2D eigenvalue weighted by Gasteiger charge is -2.10. The topological polar surface area (TPSA) is 79.2 Å². The van der Waals surface area contributed by atoms with E-state index in [1.165, 1.54) is 6.07 Å². The molecular weight excluding hydrogens is 363 g/mol. The highest BCUT2D eigenvalue weighted by Gasteiger charge is 2.55. The molecule has 0 saturated heterocycles. The molecule has 0 amide bonds. The van der Waals surface area contributed by atoms with Gasteiger partial charge >= 0.3 is 0 Å². The zero-order valence-corrected chi connectivity index (χ0v) is 13.7. The van der Waals surface area contributed by atoms with Crippen LogP contribution < -0.4 is 5.32 Å². The number of rotatable bonds is 6. The lowest BCUT2D eigenvalue weighted by Crippen LogP contribution is -2.18. The molecule has 0 heterocycles. The van der Waals surface area contributed by atoms with Gasteiger partial charge in [-0.3, -0.25) is 4.18 Å². The maximum atomic E-state index is 13.6. The number of halogens is 2. The van der Waals surface area contributed by atoms with E-state index in [4.69, 9.17) is 4.18 Å². The van der Waals surface area contributed by atoms with E-state index in [2.05, 4.69) is 27.3 Å². The van der Waals surface area contributed by atoms with E-state index < -0.39 is 15.5 Å². The zero-order chi connectivity index (χ0) is 15.7. The predicted molar refractivity (Wildman–Crippen MR) is 79.5 cm³/mol. The van der Waals surface area contributed by atoms with Crippen molar-refractivity contribution in [1.82, 2.24) is 0 Å². The minimum absolute atomic E-state index is 0.0627. The van der Waals surface area contributed by atoms with Crippen LogP contribution in [0.1, 0.15) is 6.42 Å². The number of hydrogen-bond acceptors (Lipinski definition) is 5. The molecule has 0 spiro atoms. The van der Waals surface area contributed by atoms with E-state index in [1.54, 1.807) is 12.1 Å². The second-order valence-electron chi connectivity index (χ2n) is 5.14. The molecule has 1 aromatic carbocycles. The molecule has 2 unspecified atom stereocenters. The summed E-state index contributed by atoms with van der Waals surface area (Å²) in [5.41, 5.74) is -0.456. The third kappa shape index (κ3) is 4.15. The van der Waals surface area contributed by atoms with Crippen molar-refractivity contribution in [3.8, 4) is 6.07 Å². The average Bonchev–Trinajstić information content (AvgIpc) is 3.09. The van der Waals surface area contributed by atoms with Gasteiger partial charge in [0.25, 0.3) is 10.1 Å². The summed E-state index contributed by atoms with van der Waals surface area (Å²) < 4.78 is 41.0. The highest BCUT2D eigenvalue weighted by Crippen LogP contribution is 2.52. The Hall–Kier alpha value is -1.17. The van der Waals surface area contributed by atoms with Crippen molar-refractivity contribution in [2.75, 3.05) is 24.7 Å². The van der Waals surface area contributed by atoms with Gasteiger partial charge in [-0.05, 0) is 30.5 Å². The number of hydrogen-bond donors (Lipinski definition) is 1. The summed E-state index contributed by atoms with van der Waals surface area (Å²) in [6.07, 6.45) is 1.48. The third-order valence-corrected chi connectivity index (χ3v) is 4.49. The van der Waals surface area contributed by atoms with Crippen molar-refractivity contribution in [3.63, 3.8) is 0 Å². The quantitative estimate of drug-likeness (QED) is 0.771. The Bertz CT molecular complexity index is 689. The molecule has 21 heavy (non-hydrogen) atoms. The third-order valence-electron chi connectivity index (χ3n) is 3.46. The first-order valence-electron chi connectivity index (χ1n) is 6.20. The lowest BCUT2D eigenvalue weighted by atomic mass is 10.1. The molecule has 0 radical (unpaired) electrons. The largest absolute Gasteiger partial charge is 0.382 e. The summed E-state index contributed by atoms with van der Waals surface area (Å²) >= 11 is 3.17. The molecule has 0 aromatic heterocycles. The molecule has 1 aromatic rings. The molecule has 0 aliphatic heterocycles. The second-order valence-corrected chi connectivity index (χ2v) is 7.70. The first kappa shape index (κ1) is 16.2. The summed E-state index contributed by atoms with van der Waals surface area (Å²) in [5.74, 6) is -0.452. The standard InChI is InChI=1S/C13H14BrFN2O3S/c1-21(18,19)20-8-13(7-16)5-9(13)6-17-12-3-2-10(14)4-11(12)15/h2-4,9,17H,5-6,8H2,1H3. The monoisotopic (exact) mass is 376 g/mol. The van der Waals surface area contributed by atoms with E-state index in [-0.39, 0.29) is 18.3 Å². The molecule has 1 N–H and O–H groups in total. The van der Waals surface area contributed by atoms with E-state index in [0.717, 1.165) is 6.26 Å². The molecule has 114 valence electrons. The number of nitrogens with one attached hydrogen (secondary N) is 1. The van der Waals surface area contributed by atoms with Crippen LogP contribution in [0.3, 0.4) is 0 Å². The molecule has 2 atom stereocenters. The minimum atomic E-state index is -3.57. The van der Waals surface area contributed by atoms with Crippen molar-refractivity contribution in [2.45, 2.75) is 6.42 Å². The van der Waals surface area contributed by atoms with Gasteiger partial charge in [0.05, 0.1) is 30.0 Å². The first-order chi connectivity index (χ1) is 9.76. The normalized spacial score (nSPS) is 24.4. The number of nitriles is 1. The Kier molecular flexibility index (Phi) is 4.56. The van der Waals surface area contributed by atoms with Gasteiger partial charge in [-0.15, -0.1) is 0 Å². The lowest BCUT2D eigenvalue weighted by molar-refractivity contribution is 0.266. The van der Waals surface area contributed by atoms with E-state index >= 15 is 0 Å². The van der Waals surface area contributed by atoms with Gasteiger partial charge in [0, 0.05) is 11.0 Å². The smallest absolute Gasteiger partial charge is 0.264 e. The molecule has 5 nitrogen and oxygen atoms in total. The maximum absolute atomic E-state index is 13.6.